The molecular formula is C18H18N4O. The Labute approximate surface area is 134 Å². The lowest BCUT2D eigenvalue weighted by atomic mass is 10.2. The minimum Gasteiger partial charge on any atom is -0.352 e. The molecule has 3 aromatic rings. The van der Waals surface area contributed by atoms with E-state index < -0.39 is 0 Å². The lowest BCUT2D eigenvalue weighted by molar-refractivity contribution is -0.122. The van der Waals surface area contributed by atoms with Crippen molar-refractivity contribution in [2.75, 3.05) is 0 Å². The number of pyridine rings is 1. The summed E-state index contributed by atoms with van der Waals surface area (Å²) in [5, 5.41) is 2.98. The number of benzene rings is 1. The van der Waals surface area contributed by atoms with Gasteiger partial charge in [0.2, 0.25) is 5.91 Å². The van der Waals surface area contributed by atoms with Gasteiger partial charge in [-0.2, -0.15) is 0 Å². The summed E-state index contributed by atoms with van der Waals surface area (Å²) in [6.45, 7) is 2.63. The van der Waals surface area contributed by atoms with E-state index in [0.29, 0.717) is 12.5 Å². The van der Waals surface area contributed by atoms with E-state index in [1.165, 1.54) is 0 Å². The molecule has 1 fully saturated rings. The van der Waals surface area contributed by atoms with E-state index in [1.807, 2.05) is 41.0 Å². The van der Waals surface area contributed by atoms with Crippen LogP contribution in [0.15, 0.2) is 48.9 Å². The predicted molar refractivity (Wildman–Crippen MR) is 88.0 cm³/mol. The number of nitrogens with one attached hydrogen (secondary N) is 1. The van der Waals surface area contributed by atoms with Gasteiger partial charge in [0.15, 0.2) is 0 Å². The molecule has 1 aliphatic rings. The second-order valence-electron chi connectivity index (χ2n) is 6.17. The molecule has 1 saturated carbocycles. The van der Waals surface area contributed by atoms with Crippen LogP contribution in [-0.4, -0.2) is 20.4 Å². The second kappa shape index (κ2) is 5.50. The lowest BCUT2D eigenvalue weighted by Gasteiger charge is -2.07. The third kappa shape index (κ3) is 2.70. The number of hydrogen-bond acceptors (Lipinski definition) is 3. The average Bonchev–Trinajstić information content (AvgIpc) is 3.17. The first-order chi connectivity index (χ1) is 11.2. The van der Waals surface area contributed by atoms with Crippen molar-refractivity contribution < 1.29 is 4.79 Å². The molecule has 1 aliphatic carbocycles. The fourth-order valence-electron chi connectivity index (χ4n) is 2.81. The summed E-state index contributed by atoms with van der Waals surface area (Å²) in [5.74, 6) is 1.72. The van der Waals surface area contributed by atoms with Gasteiger partial charge in [-0.3, -0.25) is 9.36 Å². The van der Waals surface area contributed by atoms with Gasteiger partial charge in [-0.25, -0.2) is 9.97 Å². The Balaban J connectivity index is 1.48. The van der Waals surface area contributed by atoms with Gasteiger partial charge in [0.1, 0.15) is 12.1 Å². The molecule has 1 N–H and O–H groups in total. The zero-order chi connectivity index (χ0) is 15.8. The smallest absolute Gasteiger partial charge is 0.223 e. The number of amides is 1. The number of aromatic nitrogens is 3. The van der Waals surface area contributed by atoms with Gasteiger partial charge in [-0.05, 0) is 36.1 Å². The molecule has 4 rings (SSSR count). The van der Waals surface area contributed by atoms with Crippen LogP contribution in [0.5, 0.6) is 0 Å². The molecule has 2 aromatic heterocycles. The molecule has 0 radical (unpaired) electrons. The third-order valence-corrected chi connectivity index (χ3v) is 4.42. The van der Waals surface area contributed by atoms with Crippen molar-refractivity contribution in [1.29, 1.82) is 0 Å². The van der Waals surface area contributed by atoms with E-state index in [1.54, 1.807) is 12.5 Å². The highest BCUT2D eigenvalue weighted by molar-refractivity contribution is 5.81. The fourth-order valence-corrected chi connectivity index (χ4v) is 2.81. The largest absolute Gasteiger partial charge is 0.352 e. The summed E-state index contributed by atoms with van der Waals surface area (Å²) in [5.41, 5.74) is 2.98. The number of para-hydroxylation sites is 2. The van der Waals surface area contributed by atoms with Crippen molar-refractivity contribution in [2.24, 2.45) is 11.8 Å². The number of hydrogen-bond donors (Lipinski definition) is 1. The van der Waals surface area contributed by atoms with Crippen LogP contribution in [0.2, 0.25) is 0 Å². The highest BCUT2D eigenvalue weighted by Crippen LogP contribution is 2.37. The standard InChI is InChI=1S/C18H18N4O/c1-12-8-14(12)18(23)20-10-13-6-7-17(19-9-13)22-11-21-15-4-2-3-5-16(15)22/h2-7,9,11-12,14H,8,10H2,1H3,(H,20,23)/t12-,14+/m1/s1. The first-order valence-electron chi connectivity index (χ1n) is 7.87. The van der Waals surface area contributed by atoms with Crippen molar-refractivity contribution >= 4 is 16.9 Å². The van der Waals surface area contributed by atoms with Crippen LogP contribution in [-0.2, 0) is 11.3 Å². The summed E-state index contributed by atoms with van der Waals surface area (Å²) in [7, 11) is 0. The highest BCUT2D eigenvalue weighted by Gasteiger charge is 2.38. The normalized spacial score (nSPS) is 19.7. The molecule has 2 atom stereocenters. The van der Waals surface area contributed by atoms with Crippen LogP contribution in [0, 0.1) is 11.8 Å². The maximum atomic E-state index is 11.8. The summed E-state index contributed by atoms with van der Waals surface area (Å²) < 4.78 is 1.96. The van der Waals surface area contributed by atoms with Crippen LogP contribution in [0.4, 0.5) is 0 Å². The average molecular weight is 306 g/mol. The van der Waals surface area contributed by atoms with Gasteiger partial charge in [0, 0.05) is 18.7 Å². The minimum absolute atomic E-state index is 0.155. The maximum absolute atomic E-state index is 11.8. The van der Waals surface area contributed by atoms with Gasteiger partial charge in [-0.1, -0.05) is 25.1 Å². The molecular weight excluding hydrogens is 288 g/mol. The number of fused-ring (bicyclic) bond motifs is 1. The Morgan fingerprint density at radius 1 is 1.26 bits per heavy atom. The topological polar surface area (TPSA) is 59.8 Å². The molecule has 0 saturated heterocycles. The molecule has 0 aliphatic heterocycles. The zero-order valence-corrected chi connectivity index (χ0v) is 12.9. The number of rotatable bonds is 4. The summed E-state index contributed by atoms with van der Waals surface area (Å²) >= 11 is 0. The van der Waals surface area contributed by atoms with Crippen LogP contribution >= 0.6 is 0 Å². The van der Waals surface area contributed by atoms with E-state index in [2.05, 4.69) is 22.2 Å². The molecule has 5 heteroatoms. The van der Waals surface area contributed by atoms with Crippen LogP contribution in [0.25, 0.3) is 16.9 Å². The molecule has 1 amide bonds. The second-order valence-corrected chi connectivity index (χ2v) is 6.17. The maximum Gasteiger partial charge on any atom is 0.223 e. The van der Waals surface area contributed by atoms with Gasteiger partial charge in [-0.15, -0.1) is 0 Å². The first-order valence-corrected chi connectivity index (χ1v) is 7.87. The minimum atomic E-state index is 0.155. The van der Waals surface area contributed by atoms with E-state index in [0.717, 1.165) is 28.8 Å². The Morgan fingerprint density at radius 2 is 2.09 bits per heavy atom. The van der Waals surface area contributed by atoms with Gasteiger partial charge in [0.05, 0.1) is 11.0 Å². The third-order valence-electron chi connectivity index (χ3n) is 4.42. The van der Waals surface area contributed by atoms with Crippen LogP contribution in [0.1, 0.15) is 18.9 Å². The van der Waals surface area contributed by atoms with Crippen molar-refractivity contribution in [2.45, 2.75) is 19.9 Å². The Morgan fingerprint density at radius 3 is 2.83 bits per heavy atom. The van der Waals surface area contributed by atoms with Crippen molar-refractivity contribution in [3.8, 4) is 5.82 Å². The monoisotopic (exact) mass is 306 g/mol. The molecule has 0 bridgehead atoms. The van der Waals surface area contributed by atoms with Gasteiger partial charge >= 0.3 is 0 Å². The Hall–Kier alpha value is -2.69. The van der Waals surface area contributed by atoms with Gasteiger partial charge < -0.3 is 5.32 Å². The summed E-state index contributed by atoms with van der Waals surface area (Å²) in [6.07, 6.45) is 4.60. The lowest BCUT2D eigenvalue weighted by Crippen LogP contribution is -2.24. The number of carbonyl (C=O) groups is 1. The first kappa shape index (κ1) is 13.9. The summed E-state index contributed by atoms with van der Waals surface area (Å²) in [4.78, 5) is 20.7. The molecule has 0 spiro atoms. The van der Waals surface area contributed by atoms with E-state index in [-0.39, 0.29) is 11.8 Å². The van der Waals surface area contributed by atoms with E-state index >= 15 is 0 Å². The molecule has 5 nitrogen and oxygen atoms in total. The van der Waals surface area contributed by atoms with E-state index in [4.69, 9.17) is 0 Å². The SMILES string of the molecule is C[C@@H]1C[C@@H]1C(=O)NCc1ccc(-n2cnc3ccccc32)nc1. The predicted octanol–water partition coefficient (Wildman–Crippen LogP) is 2.69. The number of carbonyl (C=O) groups excluding carboxylic acids is 1. The molecule has 1 aromatic carbocycles. The fraction of sp³-hybridized carbons (Fsp3) is 0.278. The van der Waals surface area contributed by atoms with Crippen molar-refractivity contribution in [3.05, 3.63) is 54.5 Å². The van der Waals surface area contributed by atoms with Crippen LogP contribution < -0.4 is 5.32 Å². The molecule has 116 valence electrons. The molecule has 23 heavy (non-hydrogen) atoms. The number of nitrogens with zero attached hydrogens (tertiary/aromatic N) is 3. The molecule has 2 heterocycles. The number of imidazole rings is 1. The van der Waals surface area contributed by atoms with Gasteiger partial charge in [0.25, 0.3) is 0 Å². The van der Waals surface area contributed by atoms with Crippen molar-refractivity contribution in [3.63, 3.8) is 0 Å². The van der Waals surface area contributed by atoms with E-state index in [9.17, 15) is 4.79 Å². The molecule has 0 unspecified atom stereocenters. The van der Waals surface area contributed by atoms with Crippen LogP contribution in [0.3, 0.4) is 0 Å². The highest BCUT2D eigenvalue weighted by atomic mass is 16.2. The summed E-state index contributed by atoms with van der Waals surface area (Å²) in [6, 6.07) is 11.9. The Kier molecular flexibility index (Phi) is 3.33. The van der Waals surface area contributed by atoms with Crippen molar-refractivity contribution in [1.82, 2.24) is 19.9 Å². The Bertz CT molecular complexity index is 853. The zero-order valence-electron chi connectivity index (χ0n) is 12.9. The quantitative estimate of drug-likeness (QED) is 0.806.